The molecular formula is C19H21N7O. The van der Waals surface area contributed by atoms with E-state index in [4.69, 9.17) is 9.40 Å². The number of aryl methyl sites for hydroxylation is 1. The van der Waals surface area contributed by atoms with Crippen LogP contribution < -0.4 is 4.90 Å². The van der Waals surface area contributed by atoms with Gasteiger partial charge in [0.2, 0.25) is 0 Å². The van der Waals surface area contributed by atoms with Crippen molar-refractivity contribution in [3.63, 3.8) is 0 Å². The van der Waals surface area contributed by atoms with Crippen molar-refractivity contribution in [3.05, 3.63) is 48.7 Å². The van der Waals surface area contributed by atoms with Crippen LogP contribution in [0.1, 0.15) is 25.4 Å². The van der Waals surface area contributed by atoms with Crippen LogP contribution in [-0.4, -0.2) is 42.6 Å². The fourth-order valence-electron chi connectivity index (χ4n) is 3.14. The average Bonchev–Trinajstić information content (AvgIpc) is 3.27. The average molecular weight is 363 g/mol. The molecule has 0 unspecified atom stereocenters. The number of nitrogens with zero attached hydrogens (tertiary/aromatic N) is 7. The van der Waals surface area contributed by atoms with Crippen LogP contribution in [0.3, 0.4) is 0 Å². The lowest BCUT2D eigenvalue weighted by Crippen LogP contribution is -2.22. The van der Waals surface area contributed by atoms with Gasteiger partial charge in [-0.15, -0.1) is 0 Å². The number of rotatable bonds is 6. The number of aromatic nitrogens is 6. The molecule has 0 spiro atoms. The van der Waals surface area contributed by atoms with Crippen molar-refractivity contribution >= 4 is 17.0 Å². The van der Waals surface area contributed by atoms with E-state index >= 15 is 0 Å². The van der Waals surface area contributed by atoms with E-state index in [2.05, 4.69) is 38.7 Å². The first-order valence-electron chi connectivity index (χ1n) is 8.98. The smallest absolute Gasteiger partial charge is 0.191 e. The van der Waals surface area contributed by atoms with E-state index in [1.165, 1.54) is 6.33 Å². The fourth-order valence-corrected chi connectivity index (χ4v) is 3.14. The topological polar surface area (TPSA) is 85.8 Å². The number of imidazole rings is 1. The van der Waals surface area contributed by atoms with Crippen molar-refractivity contribution < 1.29 is 4.42 Å². The van der Waals surface area contributed by atoms with Crippen molar-refractivity contribution in [2.45, 2.75) is 27.3 Å². The molecule has 0 bridgehead atoms. The van der Waals surface area contributed by atoms with Crippen molar-refractivity contribution in [1.82, 2.24) is 29.5 Å². The van der Waals surface area contributed by atoms with Crippen LogP contribution in [0.2, 0.25) is 0 Å². The number of fused-ring (bicyclic) bond motifs is 1. The molecule has 4 heterocycles. The Morgan fingerprint density at radius 2 is 1.93 bits per heavy atom. The van der Waals surface area contributed by atoms with Crippen LogP contribution in [0.4, 0.5) is 5.82 Å². The summed E-state index contributed by atoms with van der Waals surface area (Å²) in [5.41, 5.74) is 3.24. The maximum absolute atomic E-state index is 5.34. The molecule has 4 aromatic rings. The summed E-state index contributed by atoms with van der Waals surface area (Å²) in [5.74, 6) is 2.38. The summed E-state index contributed by atoms with van der Waals surface area (Å²) in [6.45, 7) is 8.43. The van der Waals surface area contributed by atoms with Gasteiger partial charge in [-0.2, -0.15) is 0 Å². The highest BCUT2D eigenvalue weighted by molar-refractivity contribution is 5.76. The lowest BCUT2D eigenvalue weighted by Gasteiger charge is -2.19. The number of pyridine rings is 1. The van der Waals surface area contributed by atoms with E-state index in [9.17, 15) is 0 Å². The predicted molar refractivity (Wildman–Crippen MR) is 102 cm³/mol. The van der Waals surface area contributed by atoms with Crippen LogP contribution in [0.5, 0.6) is 0 Å². The van der Waals surface area contributed by atoms with Gasteiger partial charge in [-0.05, 0) is 26.0 Å². The highest BCUT2D eigenvalue weighted by Gasteiger charge is 2.16. The molecule has 0 radical (unpaired) electrons. The summed E-state index contributed by atoms with van der Waals surface area (Å²) < 4.78 is 7.39. The standard InChI is InChI=1S/C19H21N7O/c1-4-25(5-2)17-7-6-14(8-21-17)19-24-18-16(9-20-12-22-18)26(19)10-15-11-27-13(3)23-15/h6-9,11-12H,4-5,10H2,1-3H3. The van der Waals surface area contributed by atoms with E-state index in [-0.39, 0.29) is 0 Å². The molecule has 4 aromatic heterocycles. The molecular weight excluding hydrogens is 342 g/mol. The predicted octanol–water partition coefficient (Wildman–Crippen LogP) is 3.08. The van der Waals surface area contributed by atoms with Gasteiger partial charge in [0, 0.05) is 31.8 Å². The Morgan fingerprint density at radius 1 is 1.07 bits per heavy atom. The molecule has 0 aliphatic heterocycles. The number of anilines is 1. The largest absolute Gasteiger partial charge is 0.449 e. The van der Waals surface area contributed by atoms with E-state index in [0.717, 1.165) is 41.5 Å². The third-order valence-corrected chi connectivity index (χ3v) is 4.51. The zero-order valence-corrected chi connectivity index (χ0v) is 15.6. The molecule has 0 amide bonds. The molecule has 0 N–H and O–H groups in total. The van der Waals surface area contributed by atoms with E-state index in [1.807, 2.05) is 29.8 Å². The first-order valence-corrected chi connectivity index (χ1v) is 8.98. The first kappa shape index (κ1) is 17.1. The summed E-state index contributed by atoms with van der Waals surface area (Å²) in [6, 6.07) is 4.07. The van der Waals surface area contributed by atoms with Crippen molar-refractivity contribution in [3.8, 4) is 11.4 Å². The minimum Gasteiger partial charge on any atom is -0.449 e. The molecule has 8 heteroatoms. The van der Waals surface area contributed by atoms with Gasteiger partial charge in [-0.25, -0.2) is 24.9 Å². The second-order valence-corrected chi connectivity index (χ2v) is 6.19. The Labute approximate surface area is 156 Å². The maximum Gasteiger partial charge on any atom is 0.191 e. The third-order valence-electron chi connectivity index (χ3n) is 4.51. The number of hydrogen-bond donors (Lipinski definition) is 0. The van der Waals surface area contributed by atoms with Crippen LogP contribution in [-0.2, 0) is 6.54 Å². The van der Waals surface area contributed by atoms with E-state index in [1.54, 1.807) is 12.5 Å². The summed E-state index contributed by atoms with van der Waals surface area (Å²) in [4.78, 5) is 24.4. The lowest BCUT2D eigenvalue weighted by molar-refractivity contribution is 0.520. The van der Waals surface area contributed by atoms with Crippen LogP contribution in [0, 0.1) is 6.92 Å². The normalized spacial score (nSPS) is 11.2. The van der Waals surface area contributed by atoms with Gasteiger partial charge < -0.3 is 13.9 Å². The number of hydrogen-bond acceptors (Lipinski definition) is 7. The Balaban J connectivity index is 1.77. The summed E-state index contributed by atoms with van der Waals surface area (Å²) in [7, 11) is 0. The lowest BCUT2D eigenvalue weighted by atomic mass is 10.2. The van der Waals surface area contributed by atoms with Crippen LogP contribution in [0.25, 0.3) is 22.6 Å². The molecule has 0 aromatic carbocycles. The van der Waals surface area contributed by atoms with Gasteiger partial charge in [0.1, 0.15) is 29.7 Å². The van der Waals surface area contributed by atoms with Gasteiger partial charge in [0.05, 0.1) is 18.4 Å². The Kier molecular flexibility index (Phi) is 4.53. The van der Waals surface area contributed by atoms with Gasteiger partial charge in [0.15, 0.2) is 11.5 Å². The van der Waals surface area contributed by atoms with Crippen LogP contribution in [0.15, 0.2) is 41.5 Å². The Bertz CT molecular complexity index is 1050. The molecule has 0 atom stereocenters. The van der Waals surface area contributed by atoms with Gasteiger partial charge in [0.25, 0.3) is 0 Å². The Hall–Kier alpha value is -3.29. The van der Waals surface area contributed by atoms with Crippen molar-refractivity contribution in [1.29, 1.82) is 0 Å². The first-order chi connectivity index (χ1) is 13.2. The highest BCUT2D eigenvalue weighted by Crippen LogP contribution is 2.25. The van der Waals surface area contributed by atoms with Gasteiger partial charge in [-0.3, -0.25) is 0 Å². The second-order valence-electron chi connectivity index (χ2n) is 6.19. The molecule has 0 aliphatic carbocycles. The summed E-state index contributed by atoms with van der Waals surface area (Å²) in [5, 5.41) is 0. The number of oxazole rings is 1. The maximum atomic E-state index is 5.34. The SMILES string of the molecule is CCN(CC)c1ccc(-c2nc3ncncc3n2Cc2coc(C)n2)cn1. The Morgan fingerprint density at radius 3 is 2.59 bits per heavy atom. The molecule has 0 aliphatic rings. The molecule has 0 saturated heterocycles. The van der Waals surface area contributed by atoms with Crippen LogP contribution >= 0.6 is 0 Å². The molecule has 138 valence electrons. The molecule has 27 heavy (non-hydrogen) atoms. The summed E-state index contributed by atoms with van der Waals surface area (Å²) >= 11 is 0. The molecule has 8 nitrogen and oxygen atoms in total. The molecule has 4 rings (SSSR count). The second kappa shape index (κ2) is 7.14. The molecule has 0 fully saturated rings. The minimum atomic E-state index is 0.522. The quantitative estimate of drug-likeness (QED) is 0.520. The summed E-state index contributed by atoms with van der Waals surface area (Å²) in [6.07, 6.45) is 6.79. The van der Waals surface area contributed by atoms with E-state index < -0.39 is 0 Å². The van der Waals surface area contributed by atoms with Crippen molar-refractivity contribution in [2.75, 3.05) is 18.0 Å². The molecule has 0 saturated carbocycles. The minimum absolute atomic E-state index is 0.522. The monoisotopic (exact) mass is 363 g/mol. The fraction of sp³-hybridized carbons (Fsp3) is 0.316. The highest BCUT2D eigenvalue weighted by atomic mass is 16.3. The van der Waals surface area contributed by atoms with Gasteiger partial charge >= 0.3 is 0 Å². The zero-order chi connectivity index (χ0) is 18.8. The zero-order valence-electron chi connectivity index (χ0n) is 15.6. The van der Waals surface area contributed by atoms with Crippen molar-refractivity contribution in [2.24, 2.45) is 0 Å². The third kappa shape index (κ3) is 3.25. The van der Waals surface area contributed by atoms with E-state index in [0.29, 0.717) is 18.1 Å². The van der Waals surface area contributed by atoms with Gasteiger partial charge in [-0.1, -0.05) is 0 Å².